The van der Waals surface area contributed by atoms with Crippen LogP contribution >= 0.6 is 0 Å². The molecule has 0 amide bonds. The lowest BCUT2D eigenvalue weighted by atomic mass is 10.1. The molecular formula is C123H77N15O. The fraction of sp³-hybridized carbons (Fsp3) is 0. The van der Waals surface area contributed by atoms with E-state index in [1.54, 1.807) is 0 Å². The highest BCUT2D eigenvalue weighted by Gasteiger charge is 2.29. The molecule has 16 heteroatoms. The van der Waals surface area contributed by atoms with E-state index in [-0.39, 0.29) is 0 Å². The summed E-state index contributed by atoms with van der Waals surface area (Å²) in [4.78, 5) is 46.1. The van der Waals surface area contributed by atoms with E-state index in [0.717, 1.165) is 165 Å². The van der Waals surface area contributed by atoms with Gasteiger partial charge in [0.1, 0.15) is 11.2 Å². The van der Waals surface area contributed by atoms with Crippen molar-refractivity contribution < 1.29 is 4.42 Å². The number of nitrogens with zero attached hydrogens (tertiary/aromatic N) is 15. The highest BCUT2D eigenvalue weighted by molar-refractivity contribution is 6.29. The van der Waals surface area contributed by atoms with E-state index >= 15 is 0 Å². The first kappa shape index (κ1) is 79.5. The number of hydrogen-bond acceptors (Lipinski definition) is 10. The summed E-state index contributed by atoms with van der Waals surface area (Å²) in [7, 11) is 0. The molecule has 0 aliphatic carbocycles. The molecule has 0 fully saturated rings. The number of para-hydroxylation sites is 11. The molecule has 0 aliphatic heterocycles. The van der Waals surface area contributed by atoms with Crippen molar-refractivity contribution in [1.82, 2.24) is 72.3 Å². The largest absolute Gasteiger partial charge is 0.455 e. The number of rotatable bonds is 12. The van der Waals surface area contributed by atoms with Crippen LogP contribution in [0.25, 0.3) is 256 Å². The number of furan rings is 1. The highest BCUT2D eigenvalue weighted by atomic mass is 16.3. The van der Waals surface area contributed by atoms with Crippen LogP contribution in [0.4, 0.5) is 0 Å². The van der Waals surface area contributed by atoms with Crippen LogP contribution in [0.15, 0.2) is 472 Å². The van der Waals surface area contributed by atoms with Crippen molar-refractivity contribution in [1.29, 1.82) is 0 Å². The van der Waals surface area contributed by atoms with Crippen molar-refractivity contribution in [2.24, 2.45) is 0 Å². The van der Waals surface area contributed by atoms with Crippen LogP contribution in [-0.2, 0) is 0 Å². The van der Waals surface area contributed by atoms with Crippen LogP contribution in [0.1, 0.15) is 0 Å². The van der Waals surface area contributed by atoms with Gasteiger partial charge >= 0.3 is 0 Å². The van der Waals surface area contributed by atoms with Crippen LogP contribution in [0.5, 0.6) is 0 Å². The summed E-state index contributed by atoms with van der Waals surface area (Å²) in [5.74, 6) is 5.42. The van der Waals surface area contributed by atoms with Crippen molar-refractivity contribution in [3.05, 3.63) is 467 Å². The summed E-state index contributed by atoms with van der Waals surface area (Å²) in [5, 5.41) is 16.1. The molecule has 0 N–H and O–H groups in total. The van der Waals surface area contributed by atoms with Gasteiger partial charge in [0.15, 0.2) is 34.9 Å². The van der Waals surface area contributed by atoms with Gasteiger partial charge in [0.25, 0.3) is 0 Å². The summed E-state index contributed by atoms with van der Waals surface area (Å²) < 4.78 is 20.2. The van der Waals surface area contributed by atoms with E-state index < -0.39 is 0 Å². The van der Waals surface area contributed by atoms with Crippen LogP contribution in [-0.4, -0.2) is 72.3 Å². The molecule has 29 aromatic rings. The Balaban J connectivity index is 0.000000105. The van der Waals surface area contributed by atoms with Gasteiger partial charge in [-0.15, -0.1) is 0 Å². The molecule has 0 unspecified atom stereocenters. The number of hydrogen-bond donors (Lipinski definition) is 0. The zero-order valence-corrected chi connectivity index (χ0v) is 74.6. The Morgan fingerprint density at radius 2 is 0.403 bits per heavy atom. The van der Waals surface area contributed by atoms with Gasteiger partial charge in [0.05, 0.1) is 71.8 Å². The zero-order chi connectivity index (χ0) is 91.5. The van der Waals surface area contributed by atoms with Crippen molar-refractivity contribution >= 4 is 153 Å². The molecule has 29 rings (SSSR count). The Bertz CT molecular complexity index is 9770. The summed E-state index contributed by atoms with van der Waals surface area (Å²) in [6, 6.07) is 162. The van der Waals surface area contributed by atoms with Crippen LogP contribution in [0, 0.1) is 0 Å². The molecule has 0 atom stereocenters. The highest BCUT2D eigenvalue weighted by Crippen LogP contribution is 2.48. The quantitative estimate of drug-likeness (QED) is 0.115. The molecule has 0 saturated carbocycles. The van der Waals surface area contributed by atoms with Crippen molar-refractivity contribution in [2.45, 2.75) is 0 Å². The van der Waals surface area contributed by atoms with Crippen LogP contribution in [0.3, 0.4) is 0 Å². The van der Waals surface area contributed by atoms with Gasteiger partial charge < -0.3 is 18.1 Å². The SMILES string of the molecule is c1ccc(-c2nc(-c3cccc4c3oc3ccccc34)nc(-n3c4ccccc4c4ccc5c(c6ccccc6n5-c5ccccc5)c43)n2)cc1.c1ccc(-c2nc(-c3ccccc3)nc(-n3c4ccccc4c4c3ccc3c5ccccc5n(-c5ccccc5)c34)n2)cc1.c1ccc(-c2nc(-c3ccccc3)nc(-n3c4ccccc4c4ccc5c(c6ccccc6n5-c5ccccc5)c43)n2)cc1. The fourth-order valence-corrected chi connectivity index (χ4v) is 20.7. The number of fused-ring (bicyclic) bond motifs is 24. The topological polar surface area (TPSA) is 159 Å². The Morgan fingerprint density at radius 3 is 0.770 bits per heavy atom. The third kappa shape index (κ3) is 13.2. The summed E-state index contributed by atoms with van der Waals surface area (Å²) in [5.41, 5.74) is 23.6. The maximum absolute atomic E-state index is 6.50. The predicted molar refractivity (Wildman–Crippen MR) is 565 cm³/mol. The van der Waals surface area contributed by atoms with E-state index in [2.05, 4.69) is 313 Å². The number of benzene rings is 19. The minimum atomic E-state index is 0.544. The summed E-state index contributed by atoms with van der Waals surface area (Å²) in [6.07, 6.45) is 0. The lowest BCUT2D eigenvalue weighted by Crippen LogP contribution is -2.06. The second-order valence-corrected chi connectivity index (χ2v) is 34.6. The first-order valence-corrected chi connectivity index (χ1v) is 46.5. The molecule has 0 bridgehead atoms. The van der Waals surface area contributed by atoms with Gasteiger partial charge in [-0.2, -0.15) is 29.9 Å². The maximum Gasteiger partial charge on any atom is 0.238 e. The molecule has 16 nitrogen and oxygen atoms in total. The van der Waals surface area contributed by atoms with Crippen LogP contribution < -0.4 is 0 Å². The first-order valence-electron chi connectivity index (χ1n) is 46.5. The van der Waals surface area contributed by atoms with E-state index in [9.17, 15) is 0 Å². The minimum Gasteiger partial charge on any atom is -0.455 e. The summed E-state index contributed by atoms with van der Waals surface area (Å²) >= 11 is 0. The molecule has 10 aromatic heterocycles. The van der Waals surface area contributed by atoms with Gasteiger partial charge in [-0.1, -0.05) is 364 Å². The van der Waals surface area contributed by atoms with Crippen LogP contribution in [0.2, 0.25) is 0 Å². The van der Waals surface area contributed by atoms with Gasteiger partial charge in [-0.05, 0) is 103 Å². The Kier molecular flexibility index (Phi) is 18.8. The minimum absolute atomic E-state index is 0.544. The number of aromatic nitrogens is 15. The van der Waals surface area contributed by atoms with Gasteiger partial charge in [-0.3, -0.25) is 13.7 Å². The second-order valence-electron chi connectivity index (χ2n) is 34.6. The molecule has 0 aliphatic rings. The molecule has 0 spiro atoms. The molecule has 0 saturated heterocycles. The maximum atomic E-state index is 6.50. The summed E-state index contributed by atoms with van der Waals surface area (Å²) in [6.45, 7) is 0. The van der Waals surface area contributed by atoms with Gasteiger partial charge in [0, 0.05) is 120 Å². The van der Waals surface area contributed by atoms with E-state index in [1.807, 2.05) is 182 Å². The van der Waals surface area contributed by atoms with Gasteiger partial charge in [-0.25, -0.2) is 15.0 Å². The van der Waals surface area contributed by atoms with Crippen molar-refractivity contribution in [3.63, 3.8) is 0 Å². The monoisotopic (exact) mass is 1780 g/mol. The lowest BCUT2D eigenvalue weighted by Gasteiger charge is -2.12. The normalized spacial score (nSPS) is 11.7. The molecule has 650 valence electrons. The molecule has 10 heterocycles. The average Bonchev–Trinajstić information content (AvgIpc) is 1.55. The molecular weight excluding hydrogens is 1700 g/mol. The average molecular weight is 1780 g/mol. The van der Waals surface area contributed by atoms with E-state index in [1.165, 1.54) is 38.0 Å². The second kappa shape index (κ2) is 32.9. The zero-order valence-electron chi connectivity index (χ0n) is 74.6. The fourth-order valence-electron chi connectivity index (χ4n) is 20.7. The van der Waals surface area contributed by atoms with E-state index in [4.69, 9.17) is 49.3 Å². The third-order valence-corrected chi connectivity index (χ3v) is 26.7. The third-order valence-electron chi connectivity index (χ3n) is 26.7. The van der Waals surface area contributed by atoms with Gasteiger partial charge in [0.2, 0.25) is 17.8 Å². The molecule has 0 radical (unpaired) electrons. The molecule has 19 aromatic carbocycles. The smallest absolute Gasteiger partial charge is 0.238 e. The first-order chi connectivity index (χ1) is 69.0. The predicted octanol–water partition coefficient (Wildman–Crippen LogP) is 30.1. The standard InChI is InChI=1S/C45H27N5O.2C39H25N5/c1-3-14-28(15-4-1)43-46-44(35-22-13-21-33-31-19-9-12-25-39(31)51-42(33)35)48-45(47-43)50-36-23-10-7-18-30(36)32-26-27-38-40(41(32)50)34-20-8-11-24-37(34)49(38)29-16-5-2-6-17-29;1-4-14-26(15-5-1)37-40-38(27-16-6-2-7-17-27)42-39(41-37)44-32-22-12-10-20-29(32)30-24-25-34-35(36(30)44)31-21-11-13-23-33(31)43(34)28-18-8-3-9-19-28;1-4-14-26(15-5-1)37-40-38(27-16-6-2-7-17-27)42-39(41-37)44-33-23-13-11-21-31(33)35-34(44)25-24-30-29-20-10-12-22-32(29)43(36(30)35)28-18-8-3-9-19-28/h1-27H;2*1-25H. The Hall–Kier alpha value is -19.2. The Labute approximate surface area is 794 Å². The molecule has 139 heavy (non-hydrogen) atoms. The van der Waals surface area contributed by atoms with Crippen molar-refractivity contribution in [3.8, 4) is 103 Å². The van der Waals surface area contributed by atoms with Crippen molar-refractivity contribution in [2.75, 3.05) is 0 Å². The van der Waals surface area contributed by atoms with E-state index in [0.29, 0.717) is 52.8 Å². The lowest BCUT2D eigenvalue weighted by molar-refractivity contribution is 0.669. The Morgan fingerprint density at radius 1 is 0.151 bits per heavy atom.